The second-order valence-corrected chi connectivity index (χ2v) is 9.97. The number of nitrogens with zero attached hydrogens (tertiary/aromatic N) is 2. The van der Waals surface area contributed by atoms with Crippen LogP contribution in [-0.2, 0) is 30.8 Å². The fourth-order valence-corrected chi connectivity index (χ4v) is 5.88. The molecule has 2 aliphatic rings. The number of hydrogen-bond acceptors (Lipinski definition) is 6. The number of carbonyl (C=O) groups excluding carboxylic acids is 2. The van der Waals surface area contributed by atoms with E-state index in [4.69, 9.17) is 0 Å². The quantitative estimate of drug-likeness (QED) is 0.490. The molecule has 2 heterocycles. The van der Waals surface area contributed by atoms with Gasteiger partial charge in [0.1, 0.15) is 0 Å². The first-order valence-corrected chi connectivity index (χ1v) is 12.1. The van der Waals surface area contributed by atoms with Crippen LogP contribution in [0.15, 0.2) is 23.1 Å². The summed E-state index contributed by atoms with van der Waals surface area (Å²) in [5, 5.41) is 0. The Morgan fingerprint density at radius 1 is 1.14 bits per heavy atom. The number of benzene rings is 1. The molecule has 1 aromatic carbocycles. The minimum absolute atomic E-state index is 0.0113. The van der Waals surface area contributed by atoms with Crippen LogP contribution in [0.3, 0.4) is 0 Å². The number of hydrogen-bond donors (Lipinski definition) is 0. The van der Waals surface area contributed by atoms with Crippen LogP contribution in [0.4, 0.5) is 5.69 Å². The van der Waals surface area contributed by atoms with Crippen molar-refractivity contribution >= 4 is 39.3 Å². The Kier molecular flexibility index (Phi) is 7.00. The van der Waals surface area contributed by atoms with E-state index >= 15 is 0 Å². The van der Waals surface area contributed by atoms with Crippen molar-refractivity contribution in [1.82, 2.24) is 4.31 Å². The van der Waals surface area contributed by atoms with Gasteiger partial charge in [0.05, 0.1) is 17.8 Å². The molecule has 0 bridgehead atoms. The lowest BCUT2D eigenvalue weighted by molar-refractivity contribution is -0.137. The first-order chi connectivity index (χ1) is 13.4. The second-order valence-electron chi connectivity index (χ2n) is 6.93. The fourth-order valence-electron chi connectivity index (χ4n) is 3.56. The number of piperidine rings is 1. The van der Waals surface area contributed by atoms with Gasteiger partial charge < -0.3 is 9.64 Å². The van der Waals surface area contributed by atoms with E-state index in [1.54, 1.807) is 27.4 Å². The number of methoxy groups -OCH3 is 1. The summed E-state index contributed by atoms with van der Waals surface area (Å²) >= 11 is 1.37. The summed E-state index contributed by atoms with van der Waals surface area (Å²) in [7, 11) is -2.12. The highest BCUT2D eigenvalue weighted by Gasteiger charge is 2.29. The van der Waals surface area contributed by atoms with Crippen LogP contribution in [-0.4, -0.2) is 62.8 Å². The zero-order valence-electron chi connectivity index (χ0n) is 16.1. The van der Waals surface area contributed by atoms with Gasteiger partial charge in [-0.25, -0.2) is 8.42 Å². The summed E-state index contributed by atoms with van der Waals surface area (Å²) in [6.45, 7) is 1.71. The first-order valence-electron chi connectivity index (χ1n) is 9.51. The molecule has 154 valence electrons. The molecule has 0 unspecified atom stereocenters. The van der Waals surface area contributed by atoms with Crippen LogP contribution in [0, 0.1) is 0 Å². The van der Waals surface area contributed by atoms with E-state index in [-0.39, 0.29) is 17.6 Å². The molecule has 9 heteroatoms. The molecule has 1 fully saturated rings. The van der Waals surface area contributed by atoms with Gasteiger partial charge in [-0.05, 0) is 43.0 Å². The molecular formula is C19H26N2O5S2. The lowest BCUT2D eigenvalue weighted by Gasteiger charge is -2.26. The summed E-state index contributed by atoms with van der Waals surface area (Å²) in [5.41, 5.74) is 1.69. The zero-order chi connectivity index (χ0) is 20.1. The summed E-state index contributed by atoms with van der Waals surface area (Å²) in [5.74, 6) is 0.466. The van der Waals surface area contributed by atoms with Crippen LogP contribution in [0.2, 0.25) is 0 Å². The van der Waals surface area contributed by atoms with Crippen LogP contribution in [0.25, 0.3) is 0 Å². The van der Waals surface area contributed by atoms with E-state index in [0.717, 1.165) is 30.5 Å². The summed E-state index contributed by atoms with van der Waals surface area (Å²) in [4.78, 5) is 25.7. The molecule has 28 heavy (non-hydrogen) atoms. The van der Waals surface area contributed by atoms with Crippen molar-refractivity contribution in [3.05, 3.63) is 23.8 Å². The topological polar surface area (TPSA) is 84.0 Å². The smallest absolute Gasteiger partial charge is 0.315 e. The van der Waals surface area contributed by atoms with Gasteiger partial charge in [-0.1, -0.05) is 6.42 Å². The van der Waals surface area contributed by atoms with Gasteiger partial charge in [0, 0.05) is 37.5 Å². The highest BCUT2D eigenvalue weighted by Crippen LogP contribution is 2.32. The van der Waals surface area contributed by atoms with Crippen LogP contribution >= 0.6 is 11.8 Å². The molecule has 0 spiro atoms. The van der Waals surface area contributed by atoms with Crippen LogP contribution in [0.1, 0.15) is 31.2 Å². The number of thioether (sulfide) groups is 1. The highest BCUT2D eigenvalue weighted by atomic mass is 32.2. The number of esters is 1. The predicted molar refractivity (Wildman–Crippen MR) is 109 cm³/mol. The van der Waals surface area contributed by atoms with Gasteiger partial charge in [-0.3, -0.25) is 9.59 Å². The van der Waals surface area contributed by atoms with Gasteiger partial charge in [-0.15, -0.1) is 11.8 Å². The van der Waals surface area contributed by atoms with E-state index in [2.05, 4.69) is 4.74 Å². The molecule has 0 radical (unpaired) electrons. The molecule has 0 aromatic heterocycles. The molecule has 2 aliphatic heterocycles. The Bertz CT molecular complexity index is 835. The Morgan fingerprint density at radius 2 is 1.89 bits per heavy atom. The Hall–Kier alpha value is -1.58. The van der Waals surface area contributed by atoms with Gasteiger partial charge >= 0.3 is 5.97 Å². The monoisotopic (exact) mass is 426 g/mol. The first kappa shape index (κ1) is 21.1. The van der Waals surface area contributed by atoms with Crippen molar-refractivity contribution < 1.29 is 22.7 Å². The molecule has 7 nitrogen and oxygen atoms in total. The van der Waals surface area contributed by atoms with Crippen LogP contribution in [0.5, 0.6) is 0 Å². The van der Waals surface area contributed by atoms with E-state index in [1.165, 1.54) is 18.9 Å². The van der Waals surface area contributed by atoms with Crippen molar-refractivity contribution in [2.75, 3.05) is 43.1 Å². The van der Waals surface area contributed by atoms with Gasteiger partial charge in [-0.2, -0.15) is 4.31 Å². The Balaban J connectivity index is 1.64. The third-order valence-corrected chi connectivity index (χ3v) is 7.94. The van der Waals surface area contributed by atoms with Crippen LogP contribution < -0.4 is 4.90 Å². The third kappa shape index (κ3) is 4.69. The molecule has 1 saturated heterocycles. The molecule has 0 atom stereocenters. The van der Waals surface area contributed by atoms with Crippen molar-refractivity contribution in [3.63, 3.8) is 0 Å². The molecular weight excluding hydrogens is 400 g/mol. The number of ether oxygens (including phenoxy) is 1. The number of sulfonamides is 1. The lowest BCUT2D eigenvalue weighted by Crippen LogP contribution is -2.35. The van der Waals surface area contributed by atoms with E-state index in [1.807, 2.05) is 0 Å². The summed E-state index contributed by atoms with van der Waals surface area (Å²) in [6, 6.07) is 5.08. The van der Waals surface area contributed by atoms with Gasteiger partial charge in [0.25, 0.3) is 0 Å². The van der Waals surface area contributed by atoms with E-state index in [9.17, 15) is 18.0 Å². The molecule has 1 aromatic rings. The standard InChI is InChI=1S/C19H26N2O5S2/c1-26-19(23)14-27-12-8-18(22)21-11-7-15-13-16(5-6-17(15)21)28(24,25)20-9-3-2-4-10-20/h5-6,13H,2-4,7-12,14H2,1H3. The van der Waals surface area contributed by atoms with E-state index in [0.29, 0.717) is 43.1 Å². The van der Waals surface area contributed by atoms with Crippen molar-refractivity contribution in [2.45, 2.75) is 37.0 Å². The maximum absolute atomic E-state index is 12.9. The molecule has 0 aliphatic carbocycles. The fraction of sp³-hybridized carbons (Fsp3) is 0.579. The third-order valence-electron chi connectivity index (χ3n) is 5.11. The molecule has 0 saturated carbocycles. The number of anilines is 1. The minimum Gasteiger partial charge on any atom is -0.468 e. The number of amides is 1. The van der Waals surface area contributed by atoms with Crippen molar-refractivity contribution in [2.24, 2.45) is 0 Å². The largest absolute Gasteiger partial charge is 0.468 e. The Labute approximate surface area is 170 Å². The van der Waals surface area contributed by atoms with Gasteiger partial charge in [0.15, 0.2) is 0 Å². The number of fused-ring (bicyclic) bond motifs is 1. The lowest BCUT2D eigenvalue weighted by atomic mass is 10.2. The Morgan fingerprint density at radius 3 is 2.61 bits per heavy atom. The normalized spacial score (nSPS) is 17.4. The summed E-state index contributed by atoms with van der Waals surface area (Å²) in [6.07, 6.45) is 3.86. The number of carbonyl (C=O) groups is 2. The summed E-state index contributed by atoms with van der Waals surface area (Å²) < 4.78 is 31.9. The minimum atomic E-state index is -3.47. The average Bonchev–Trinajstić information content (AvgIpc) is 3.15. The predicted octanol–water partition coefficient (Wildman–Crippen LogP) is 2.05. The molecule has 3 rings (SSSR count). The van der Waals surface area contributed by atoms with Gasteiger partial charge in [0.2, 0.25) is 15.9 Å². The van der Waals surface area contributed by atoms with Crippen molar-refractivity contribution in [1.29, 1.82) is 0 Å². The highest BCUT2D eigenvalue weighted by molar-refractivity contribution is 7.99. The average molecular weight is 427 g/mol. The molecule has 0 N–H and O–H groups in total. The SMILES string of the molecule is COC(=O)CSCCC(=O)N1CCc2cc(S(=O)(=O)N3CCCCC3)ccc21. The number of rotatable bonds is 7. The maximum Gasteiger partial charge on any atom is 0.315 e. The zero-order valence-corrected chi connectivity index (χ0v) is 17.7. The van der Waals surface area contributed by atoms with E-state index < -0.39 is 10.0 Å². The molecule has 1 amide bonds. The van der Waals surface area contributed by atoms with Crippen molar-refractivity contribution in [3.8, 4) is 0 Å². The second kappa shape index (κ2) is 9.28. The maximum atomic E-state index is 12.9.